The average Bonchev–Trinajstić information content (AvgIpc) is 2.72. The Morgan fingerprint density at radius 1 is 1.25 bits per heavy atom. The summed E-state index contributed by atoms with van der Waals surface area (Å²) in [7, 11) is -4.77. The van der Waals surface area contributed by atoms with E-state index in [1.807, 2.05) is 0 Å². The van der Waals surface area contributed by atoms with E-state index in [0.29, 0.717) is 17.9 Å². The van der Waals surface area contributed by atoms with E-state index in [2.05, 4.69) is 14.9 Å². The van der Waals surface area contributed by atoms with Crippen molar-refractivity contribution in [2.45, 2.75) is 50.2 Å². The van der Waals surface area contributed by atoms with Crippen molar-refractivity contribution in [2.75, 3.05) is 19.6 Å². The van der Waals surface area contributed by atoms with Crippen molar-refractivity contribution >= 4 is 22.3 Å². The normalized spacial score (nSPS) is 31.0. The summed E-state index contributed by atoms with van der Waals surface area (Å²) in [4.78, 5) is 26.1. The number of hydroxylamine groups is 2. The quantitative estimate of drug-likeness (QED) is 0.561. The van der Waals surface area contributed by atoms with Crippen LogP contribution in [0.3, 0.4) is 0 Å². The van der Waals surface area contributed by atoms with Crippen molar-refractivity contribution in [2.24, 2.45) is 0 Å². The molecule has 0 aromatic rings. The zero-order valence-electron chi connectivity index (χ0n) is 13.2. The minimum atomic E-state index is -4.77. The second kappa shape index (κ2) is 6.82. The van der Waals surface area contributed by atoms with Crippen LogP contribution < -0.4 is 10.6 Å². The lowest BCUT2D eigenvalue weighted by Gasteiger charge is -2.30. The Hall–Kier alpha value is -1.43. The Morgan fingerprint density at radius 3 is 2.79 bits per heavy atom. The summed E-state index contributed by atoms with van der Waals surface area (Å²) < 4.78 is 34.9. The molecule has 3 fully saturated rings. The van der Waals surface area contributed by atoms with E-state index in [1.165, 1.54) is 4.90 Å². The minimum Gasteiger partial charge on any atom is -0.352 e. The molecule has 3 rings (SSSR count). The van der Waals surface area contributed by atoms with E-state index in [-0.39, 0.29) is 18.5 Å². The highest BCUT2D eigenvalue weighted by atomic mass is 32.3. The van der Waals surface area contributed by atoms with Crippen LogP contribution >= 0.6 is 0 Å². The largest absolute Gasteiger partial charge is 0.418 e. The molecular weight excluding hydrogens is 340 g/mol. The maximum atomic E-state index is 12.6. The molecule has 3 N–H and O–H groups in total. The molecule has 3 amide bonds. The maximum Gasteiger partial charge on any atom is 0.418 e. The van der Waals surface area contributed by atoms with Crippen LogP contribution in [0.4, 0.5) is 4.79 Å². The SMILES string of the molecule is O=C(NC1CCCNCC1)[C@@H]1CCC2CN1C(=O)N2OS(=O)(=O)O. The summed E-state index contributed by atoms with van der Waals surface area (Å²) in [6, 6.07) is -1.75. The average molecular weight is 362 g/mol. The Morgan fingerprint density at radius 2 is 2.04 bits per heavy atom. The zero-order chi connectivity index (χ0) is 17.3. The maximum absolute atomic E-state index is 12.6. The number of nitrogens with zero attached hydrogens (tertiary/aromatic N) is 2. The van der Waals surface area contributed by atoms with Gasteiger partial charge in [-0.2, -0.15) is 13.5 Å². The minimum absolute atomic E-state index is 0.0769. The van der Waals surface area contributed by atoms with Crippen molar-refractivity contribution in [3.05, 3.63) is 0 Å². The van der Waals surface area contributed by atoms with Crippen LogP contribution in [0.2, 0.25) is 0 Å². The molecule has 3 saturated heterocycles. The van der Waals surface area contributed by atoms with E-state index < -0.39 is 28.5 Å². The van der Waals surface area contributed by atoms with Crippen LogP contribution in [-0.2, 0) is 19.5 Å². The van der Waals surface area contributed by atoms with Crippen LogP contribution in [0.1, 0.15) is 32.1 Å². The molecule has 3 heterocycles. The van der Waals surface area contributed by atoms with Gasteiger partial charge in [0.05, 0.1) is 6.04 Å². The Balaban J connectivity index is 1.63. The van der Waals surface area contributed by atoms with E-state index >= 15 is 0 Å². The highest BCUT2D eigenvalue weighted by Gasteiger charge is 2.49. The molecule has 24 heavy (non-hydrogen) atoms. The van der Waals surface area contributed by atoms with Crippen LogP contribution in [0.5, 0.6) is 0 Å². The van der Waals surface area contributed by atoms with E-state index in [0.717, 1.165) is 32.4 Å². The fourth-order valence-corrected chi connectivity index (χ4v) is 3.95. The molecule has 11 heteroatoms. The molecule has 0 aliphatic carbocycles. The molecule has 0 aromatic carbocycles. The lowest BCUT2D eigenvalue weighted by Crippen LogP contribution is -2.52. The monoisotopic (exact) mass is 362 g/mol. The van der Waals surface area contributed by atoms with Gasteiger partial charge in [-0.15, -0.1) is 4.28 Å². The van der Waals surface area contributed by atoms with Crippen LogP contribution in [0, 0.1) is 0 Å². The number of amides is 3. The van der Waals surface area contributed by atoms with E-state index in [1.54, 1.807) is 0 Å². The van der Waals surface area contributed by atoms with Gasteiger partial charge in [0.2, 0.25) is 5.91 Å². The number of urea groups is 1. The van der Waals surface area contributed by atoms with Crippen molar-refractivity contribution in [3.63, 3.8) is 0 Å². The summed E-state index contributed by atoms with van der Waals surface area (Å²) in [5, 5.41) is 6.92. The van der Waals surface area contributed by atoms with Crippen LogP contribution in [0.25, 0.3) is 0 Å². The predicted molar refractivity (Wildman–Crippen MR) is 82.0 cm³/mol. The summed E-state index contributed by atoms with van der Waals surface area (Å²) in [5.74, 6) is -0.220. The number of nitrogens with one attached hydrogen (secondary N) is 2. The fraction of sp³-hybridized carbons (Fsp3) is 0.846. The third-order valence-corrected chi connectivity index (χ3v) is 5.07. The van der Waals surface area contributed by atoms with Crippen molar-refractivity contribution in [1.29, 1.82) is 0 Å². The summed E-state index contributed by atoms with van der Waals surface area (Å²) in [6.45, 7) is 1.99. The van der Waals surface area contributed by atoms with Gasteiger partial charge in [-0.05, 0) is 45.2 Å². The molecule has 3 aliphatic heterocycles. The standard InChI is InChI=1S/C13H22N4O6S/c18-12(15-9-2-1-6-14-7-5-9)11-4-3-10-8-16(11)13(19)17(10)23-24(20,21)22/h9-11,14H,1-8H2,(H,15,18)(H,20,21,22)/t9?,10?,11-/m0/s1. The lowest BCUT2D eigenvalue weighted by molar-refractivity contribution is -0.126. The Bertz CT molecular complexity index is 604. The highest BCUT2D eigenvalue weighted by molar-refractivity contribution is 7.80. The molecular formula is C13H22N4O6S. The van der Waals surface area contributed by atoms with Crippen molar-refractivity contribution < 1.29 is 26.8 Å². The molecule has 0 saturated carbocycles. The number of piperidine rings is 1. The first kappa shape index (κ1) is 17.4. The number of carbonyl (C=O) groups excluding carboxylic acids is 2. The molecule has 0 aromatic heterocycles. The predicted octanol–water partition coefficient (Wildman–Crippen LogP) is -0.752. The Labute approximate surface area is 140 Å². The van der Waals surface area contributed by atoms with E-state index in [9.17, 15) is 18.0 Å². The van der Waals surface area contributed by atoms with Crippen molar-refractivity contribution in [3.8, 4) is 0 Å². The van der Waals surface area contributed by atoms with Gasteiger partial charge in [-0.1, -0.05) is 0 Å². The van der Waals surface area contributed by atoms with Gasteiger partial charge < -0.3 is 15.5 Å². The number of fused-ring (bicyclic) bond motifs is 2. The van der Waals surface area contributed by atoms with E-state index in [4.69, 9.17) is 4.55 Å². The van der Waals surface area contributed by atoms with Crippen molar-refractivity contribution in [1.82, 2.24) is 20.6 Å². The fourth-order valence-electron chi connectivity index (χ4n) is 3.56. The van der Waals surface area contributed by atoms with Crippen LogP contribution in [-0.4, -0.2) is 72.6 Å². The van der Waals surface area contributed by atoms with Gasteiger partial charge in [-0.3, -0.25) is 9.35 Å². The number of carbonyl (C=O) groups is 2. The molecule has 136 valence electrons. The van der Waals surface area contributed by atoms with Gasteiger partial charge in [0.25, 0.3) is 0 Å². The Kier molecular flexibility index (Phi) is 4.95. The van der Waals surface area contributed by atoms with Gasteiger partial charge in [0, 0.05) is 12.6 Å². The molecule has 2 unspecified atom stereocenters. The molecule has 0 spiro atoms. The van der Waals surface area contributed by atoms with Gasteiger partial charge in [0.1, 0.15) is 6.04 Å². The molecule has 10 nitrogen and oxygen atoms in total. The molecule has 3 aliphatic rings. The third-order valence-electron chi connectivity index (χ3n) is 4.72. The second-order valence-electron chi connectivity index (χ2n) is 6.40. The topological polar surface area (TPSA) is 128 Å². The second-order valence-corrected chi connectivity index (χ2v) is 7.40. The van der Waals surface area contributed by atoms with Crippen LogP contribution in [0.15, 0.2) is 0 Å². The smallest absolute Gasteiger partial charge is 0.352 e. The molecule has 0 radical (unpaired) electrons. The third kappa shape index (κ3) is 3.79. The summed E-state index contributed by atoms with van der Waals surface area (Å²) in [6.07, 6.45) is 3.57. The number of hydrogen-bond donors (Lipinski definition) is 3. The van der Waals surface area contributed by atoms with Gasteiger partial charge in [0.15, 0.2) is 0 Å². The summed E-state index contributed by atoms with van der Waals surface area (Å²) >= 11 is 0. The first-order valence-electron chi connectivity index (χ1n) is 8.13. The first-order valence-corrected chi connectivity index (χ1v) is 9.49. The first-order chi connectivity index (χ1) is 11.3. The van der Waals surface area contributed by atoms with Gasteiger partial charge in [-0.25, -0.2) is 4.79 Å². The molecule has 2 bridgehead atoms. The highest BCUT2D eigenvalue weighted by Crippen LogP contribution is 2.30. The number of rotatable bonds is 4. The summed E-state index contributed by atoms with van der Waals surface area (Å²) in [5.41, 5.74) is 0. The number of hydrogen-bond acceptors (Lipinski definition) is 6. The molecule has 3 atom stereocenters. The zero-order valence-corrected chi connectivity index (χ0v) is 14.0. The lowest BCUT2D eigenvalue weighted by atomic mass is 9.99. The van der Waals surface area contributed by atoms with Gasteiger partial charge >= 0.3 is 16.4 Å².